The van der Waals surface area contributed by atoms with Crippen LogP contribution in [0.15, 0.2) is 47.7 Å². The van der Waals surface area contributed by atoms with E-state index in [1.807, 2.05) is 0 Å². The molecule has 1 fully saturated rings. The molecule has 1 saturated heterocycles. The van der Waals surface area contributed by atoms with E-state index < -0.39 is 0 Å². The lowest BCUT2D eigenvalue weighted by atomic mass is 10.2. The van der Waals surface area contributed by atoms with Gasteiger partial charge in [-0.15, -0.1) is 0 Å². The van der Waals surface area contributed by atoms with Gasteiger partial charge in [-0.1, -0.05) is 30.3 Å². The molecule has 4 rings (SSSR count). The van der Waals surface area contributed by atoms with Crippen molar-refractivity contribution in [2.75, 3.05) is 32.7 Å². The lowest BCUT2D eigenvalue weighted by Crippen LogP contribution is -2.47. The second kappa shape index (κ2) is 7.39. The number of hydrogen-bond acceptors (Lipinski definition) is 5. The van der Waals surface area contributed by atoms with Crippen molar-refractivity contribution in [3.63, 3.8) is 0 Å². The maximum Gasteiger partial charge on any atom is 0.281 e. The highest BCUT2D eigenvalue weighted by atomic mass is 16.1. The lowest BCUT2D eigenvalue weighted by molar-refractivity contribution is 0.124. The molecule has 1 aromatic carbocycles. The Morgan fingerprint density at radius 2 is 1.73 bits per heavy atom. The molecule has 0 atom stereocenters. The Labute approximate surface area is 152 Å². The van der Waals surface area contributed by atoms with E-state index in [0.29, 0.717) is 17.6 Å². The standard InChI is InChI=1S/C19H24N6O/c1-22-14-17-18(21-22)19(26)25(15-20-17)12-11-23-7-9-24(10-8-23)13-16-5-3-2-4-6-16/h2-6,14-15H,7-13H2,1H3. The van der Waals surface area contributed by atoms with Gasteiger partial charge in [0.25, 0.3) is 5.56 Å². The van der Waals surface area contributed by atoms with Crippen molar-refractivity contribution in [3.8, 4) is 0 Å². The van der Waals surface area contributed by atoms with E-state index in [9.17, 15) is 4.79 Å². The Bertz CT molecular complexity index is 924. The molecule has 1 aliphatic heterocycles. The first kappa shape index (κ1) is 16.9. The Hall–Kier alpha value is -2.51. The fourth-order valence-electron chi connectivity index (χ4n) is 3.46. The van der Waals surface area contributed by atoms with Gasteiger partial charge in [0.05, 0.1) is 12.5 Å². The molecular weight excluding hydrogens is 328 g/mol. The van der Waals surface area contributed by atoms with Crippen LogP contribution in [0.5, 0.6) is 0 Å². The summed E-state index contributed by atoms with van der Waals surface area (Å²) in [5.74, 6) is 0. The van der Waals surface area contributed by atoms with E-state index >= 15 is 0 Å². The predicted octanol–water partition coefficient (Wildman–Crippen LogP) is 0.948. The van der Waals surface area contributed by atoms with Crippen LogP contribution in [0.2, 0.25) is 0 Å². The molecule has 7 nitrogen and oxygen atoms in total. The first-order chi connectivity index (χ1) is 12.7. The predicted molar refractivity (Wildman–Crippen MR) is 101 cm³/mol. The Balaban J connectivity index is 1.31. The molecule has 3 heterocycles. The molecule has 0 bridgehead atoms. The van der Waals surface area contributed by atoms with Crippen LogP contribution in [0.4, 0.5) is 0 Å². The molecule has 0 radical (unpaired) electrons. The average molecular weight is 352 g/mol. The van der Waals surface area contributed by atoms with Gasteiger partial charge in [-0.25, -0.2) is 4.98 Å². The summed E-state index contributed by atoms with van der Waals surface area (Å²) in [5.41, 5.74) is 2.41. The van der Waals surface area contributed by atoms with E-state index in [4.69, 9.17) is 0 Å². The number of fused-ring (bicyclic) bond motifs is 1. The highest BCUT2D eigenvalue weighted by molar-refractivity contribution is 5.71. The van der Waals surface area contributed by atoms with Crippen molar-refractivity contribution in [1.82, 2.24) is 29.1 Å². The molecule has 0 spiro atoms. The van der Waals surface area contributed by atoms with Crippen molar-refractivity contribution in [1.29, 1.82) is 0 Å². The molecule has 1 aliphatic rings. The topological polar surface area (TPSA) is 59.2 Å². The lowest BCUT2D eigenvalue weighted by Gasteiger charge is -2.34. The van der Waals surface area contributed by atoms with Gasteiger partial charge in [0.1, 0.15) is 5.52 Å². The Morgan fingerprint density at radius 3 is 2.50 bits per heavy atom. The van der Waals surface area contributed by atoms with Crippen LogP contribution >= 0.6 is 0 Å². The van der Waals surface area contributed by atoms with Gasteiger partial charge in [0, 0.05) is 52.9 Å². The van der Waals surface area contributed by atoms with Crippen LogP contribution < -0.4 is 5.56 Å². The third-order valence-corrected chi connectivity index (χ3v) is 4.98. The Kier molecular flexibility index (Phi) is 4.81. The molecule has 7 heteroatoms. The summed E-state index contributed by atoms with van der Waals surface area (Å²) in [6, 6.07) is 10.6. The Morgan fingerprint density at radius 1 is 1.00 bits per heavy atom. The van der Waals surface area contributed by atoms with Gasteiger partial charge < -0.3 is 0 Å². The molecule has 3 aromatic rings. The van der Waals surface area contributed by atoms with E-state index in [2.05, 4.69) is 50.2 Å². The number of piperazine rings is 1. The van der Waals surface area contributed by atoms with E-state index in [-0.39, 0.29) is 5.56 Å². The summed E-state index contributed by atoms with van der Waals surface area (Å²) in [7, 11) is 1.81. The molecule has 0 N–H and O–H groups in total. The molecule has 26 heavy (non-hydrogen) atoms. The van der Waals surface area contributed by atoms with Crippen molar-refractivity contribution < 1.29 is 0 Å². The summed E-state index contributed by atoms with van der Waals surface area (Å²) in [4.78, 5) is 21.7. The number of aromatic nitrogens is 4. The summed E-state index contributed by atoms with van der Waals surface area (Å²) < 4.78 is 3.31. The third kappa shape index (κ3) is 3.68. The first-order valence-corrected chi connectivity index (χ1v) is 9.06. The zero-order valence-corrected chi connectivity index (χ0v) is 15.1. The van der Waals surface area contributed by atoms with Crippen LogP contribution in [-0.2, 0) is 20.1 Å². The molecule has 0 amide bonds. The molecule has 0 saturated carbocycles. The molecule has 136 valence electrons. The van der Waals surface area contributed by atoms with Gasteiger partial charge in [0.15, 0.2) is 5.52 Å². The number of hydrogen-bond donors (Lipinski definition) is 0. The zero-order valence-electron chi connectivity index (χ0n) is 15.1. The number of rotatable bonds is 5. The first-order valence-electron chi connectivity index (χ1n) is 9.06. The molecule has 2 aromatic heterocycles. The van der Waals surface area contributed by atoms with Crippen molar-refractivity contribution >= 4 is 11.0 Å². The minimum atomic E-state index is -0.0571. The quantitative estimate of drug-likeness (QED) is 0.684. The third-order valence-electron chi connectivity index (χ3n) is 4.98. The summed E-state index contributed by atoms with van der Waals surface area (Å²) >= 11 is 0. The van der Waals surface area contributed by atoms with Crippen molar-refractivity contribution in [3.05, 3.63) is 58.8 Å². The highest BCUT2D eigenvalue weighted by Crippen LogP contribution is 2.08. The average Bonchev–Trinajstić information content (AvgIpc) is 3.05. The second-order valence-corrected chi connectivity index (χ2v) is 6.88. The minimum Gasteiger partial charge on any atom is -0.299 e. The van der Waals surface area contributed by atoms with Crippen LogP contribution in [0.1, 0.15) is 5.56 Å². The fraction of sp³-hybridized carbons (Fsp3) is 0.421. The largest absolute Gasteiger partial charge is 0.299 e. The van der Waals surface area contributed by atoms with Gasteiger partial charge in [-0.05, 0) is 5.56 Å². The van der Waals surface area contributed by atoms with Crippen LogP contribution in [-0.4, -0.2) is 61.9 Å². The molecule has 0 unspecified atom stereocenters. The summed E-state index contributed by atoms with van der Waals surface area (Å²) in [6.45, 7) is 6.69. The normalized spacial score (nSPS) is 16.3. The van der Waals surface area contributed by atoms with Gasteiger partial charge in [-0.3, -0.25) is 23.8 Å². The zero-order chi connectivity index (χ0) is 17.9. The minimum absolute atomic E-state index is 0.0571. The van der Waals surface area contributed by atoms with Crippen molar-refractivity contribution in [2.45, 2.75) is 13.1 Å². The van der Waals surface area contributed by atoms with E-state index in [1.54, 1.807) is 28.8 Å². The van der Waals surface area contributed by atoms with E-state index in [1.165, 1.54) is 5.56 Å². The van der Waals surface area contributed by atoms with Gasteiger partial charge >= 0.3 is 0 Å². The highest BCUT2D eigenvalue weighted by Gasteiger charge is 2.17. The number of aryl methyl sites for hydroxylation is 1. The fourth-order valence-corrected chi connectivity index (χ4v) is 3.46. The SMILES string of the molecule is Cn1cc2ncn(CCN3CCN(Cc4ccccc4)CC3)c(=O)c2n1. The second-order valence-electron chi connectivity index (χ2n) is 6.88. The maximum atomic E-state index is 12.5. The van der Waals surface area contributed by atoms with Gasteiger partial charge in [-0.2, -0.15) is 5.10 Å². The molecule has 0 aliphatic carbocycles. The molecular formula is C19H24N6O. The summed E-state index contributed by atoms with van der Waals surface area (Å²) in [5, 5.41) is 4.22. The van der Waals surface area contributed by atoms with Gasteiger partial charge in [0.2, 0.25) is 0 Å². The van der Waals surface area contributed by atoms with E-state index in [0.717, 1.165) is 39.3 Å². The number of nitrogens with zero attached hydrogens (tertiary/aromatic N) is 6. The van der Waals surface area contributed by atoms with Crippen molar-refractivity contribution in [2.24, 2.45) is 7.05 Å². The maximum absolute atomic E-state index is 12.5. The number of benzene rings is 1. The summed E-state index contributed by atoms with van der Waals surface area (Å²) in [6.07, 6.45) is 3.41. The monoisotopic (exact) mass is 352 g/mol. The van der Waals surface area contributed by atoms with Crippen LogP contribution in [0.3, 0.4) is 0 Å². The van der Waals surface area contributed by atoms with Crippen LogP contribution in [0.25, 0.3) is 11.0 Å². The smallest absolute Gasteiger partial charge is 0.281 e. The van der Waals surface area contributed by atoms with Crippen LogP contribution in [0, 0.1) is 0 Å².